The third-order valence-electron chi connectivity index (χ3n) is 2.91. The van der Waals surface area contributed by atoms with Crippen molar-refractivity contribution in [1.29, 1.82) is 5.26 Å². The van der Waals surface area contributed by atoms with Gasteiger partial charge in [0, 0.05) is 12.5 Å². The lowest BCUT2D eigenvalue weighted by atomic mass is 10.1. The van der Waals surface area contributed by atoms with Crippen molar-refractivity contribution in [2.24, 2.45) is 5.10 Å². The second kappa shape index (κ2) is 8.11. The van der Waals surface area contributed by atoms with Crippen LogP contribution in [0.4, 0.5) is 0 Å². The highest BCUT2D eigenvalue weighted by Crippen LogP contribution is 2.26. The summed E-state index contributed by atoms with van der Waals surface area (Å²) < 4.78 is 6.51. The van der Waals surface area contributed by atoms with Crippen LogP contribution in [0.15, 0.2) is 52.0 Å². The molecule has 0 spiro atoms. The minimum Gasteiger partial charge on any atom is -0.488 e. The number of carbonyl (C=O) groups excluding carboxylic acids is 1. The molecule has 0 aromatic heterocycles. The zero-order valence-corrected chi connectivity index (χ0v) is 14.0. The number of hydrazone groups is 1. The van der Waals surface area contributed by atoms with Gasteiger partial charge in [0.2, 0.25) is 5.91 Å². The van der Waals surface area contributed by atoms with Gasteiger partial charge >= 0.3 is 0 Å². The number of carbonyl (C=O) groups is 1. The normalized spacial score (nSPS) is 10.3. The van der Waals surface area contributed by atoms with Crippen LogP contribution in [-0.4, -0.2) is 12.1 Å². The van der Waals surface area contributed by atoms with Crippen LogP contribution in [-0.2, 0) is 11.4 Å². The Morgan fingerprint density at radius 1 is 1.39 bits per heavy atom. The summed E-state index contributed by atoms with van der Waals surface area (Å²) in [4.78, 5) is 10.8. The smallest absolute Gasteiger partial charge is 0.236 e. The zero-order valence-electron chi connectivity index (χ0n) is 12.4. The fourth-order valence-electron chi connectivity index (χ4n) is 1.82. The van der Waals surface area contributed by atoms with E-state index in [-0.39, 0.29) is 5.91 Å². The van der Waals surface area contributed by atoms with Crippen LogP contribution in [0.5, 0.6) is 5.75 Å². The largest absolute Gasteiger partial charge is 0.488 e. The van der Waals surface area contributed by atoms with E-state index in [1.807, 2.05) is 30.3 Å². The van der Waals surface area contributed by atoms with Gasteiger partial charge < -0.3 is 4.74 Å². The number of nitrogens with one attached hydrogen (secondary N) is 1. The number of rotatable bonds is 5. The number of hydrogen-bond donors (Lipinski definition) is 1. The summed E-state index contributed by atoms with van der Waals surface area (Å²) in [7, 11) is 0. The lowest BCUT2D eigenvalue weighted by molar-refractivity contribution is -0.118. The Hall–Kier alpha value is -2.65. The first-order chi connectivity index (χ1) is 11.1. The molecule has 0 radical (unpaired) electrons. The van der Waals surface area contributed by atoms with Gasteiger partial charge in [-0.25, -0.2) is 5.43 Å². The Kier molecular flexibility index (Phi) is 5.89. The third kappa shape index (κ3) is 4.94. The Labute approximate surface area is 142 Å². The van der Waals surface area contributed by atoms with E-state index in [9.17, 15) is 4.79 Å². The molecule has 2 rings (SSSR count). The summed E-state index contributed by atoms with van der Waals surface area (Å²) in [5, 5.41) is 12.9. The predicted octanol–water partition coefficient (Wildman–Crippen LogP) is 3.37. The molecule has 0 fully saturated rings. The fourth-order valence-corrected chi connectivity index (χ4v) is 2.33. The second-order valence-corrected chi connectivity index (χ2v) is 5.53. The molecule has 5 nitrogen and oxygen atoms in total. The van der Waals surface area contributed by atoms with Gasteiger partial charge in [-0.15, -0.1) is 0 Å². The van der Waals surface area contributed by atoms with E-state index in [2.05, 4.69) is 32.5 Å². The number of nitrogens with zero attached hydrogens (tertiary/aromatic N) is 2. The van der Waals surface area contributed by atoms with Gasteiger partial charge in [0.15, 0.2) is 0 Å². The van der Waals surface area contributed by atoms with E-state index in [4.69, 9.17) is 10.00 Å². The van der Waals surface area contributed by atoms with Crippen molar-refractivity contribution in [2.45, 2.75) is 13.5 Å². The standard InChI is InChI=1S/C17H14BrN3O2/c1-12(22)21-20-10-13-6-7-17(16(18)8-13)23-11-15-5-3-2-4-14(15)9-19/h2-8,10H,11H2,1H3,(H,21,22)/b20-10-. The van der Waals surface area contributed by atoms with Crippen LogP contribution >= 0.6 is 15.9 Å². The van der Waals surface area contributed by atoms with Crippen LogP contribution in [0, 0.1) is 11.3 Å². The van der Waals surface area contributed by atoms with Crippen LogP contribution in [0.25, 0.3) is 0 Å². The molecule has 23 heavy (non-hydrogen) atoms. The number of amides is 1. The highest BCUT2D eigenvalue weighted by atomic mass is 79.9. The molecule has 6 heteroatoms. The summed E-state index contributed by atoms with van der Waals surface area (Å²) in [5.74, 6) is 0.436. The molecule has 2 aromatic carbocycles. The van der Waals surface area contributed by atoms with Crippen molar-refractivity contribution in [3.05, 3.63) is 63.6 Å². The van der Waals surface area contributed by atoms with E-state index >= 15 is 0 Å². The Balaban J connectivity index is 2.05. The SMILES string of the molecule is CC(=O)N/N=C\c1ccc(OCc2ccccc2C#N)c(Br)c1. The molecule has 0 aliphatic carbocycles. The first kappa shape index (κ1) is 16.7. The van der Waals surface area contributed by atoms with Gasteiger partial charge in [-0.1, -0.05) is 18.2 Å². The average Bonchev–Trinajstić information content (AvgIpc) is 2.54. The molecule has 0 aliphatic heterocycles. The van der Waals surface area contributed by atoms with E-state index in [1.165, 1.54) is 6.92 Å². The summed E-state index contributed by atoms with van der Waals surface area (Å²) >= 11 is 3.44. The number of halogens is 1. The zero-order chi connectivity index (χ0) is 16.7. The van der Waals surface area contributed by atoms with Crippen LogP contribution in [0.1, 0.15) is 23.6 Å². The van der Waals surface area contributed by atoms with E-state index < -0.39 is 0 Å². The van der Waals surface area contributed by atoms with Gasteiger partial charge in [-0.3, -0.25) is 4.79 Å². The molecule has 116 valence electrons. The number of ether oxygens (including phenoxy) is 1. The topological polar surface area (TPSA) is 74.5 Å². The van der Waals surface area contributed by atoms with Crippen molar-refractivity contribution in [2.75, 3.05) is 0 Å². The highest BCUT2D eigenvalue weighted by molar-refractivity contribution is 9.10. The molecule has 0 aliphatic rings. The van der Waals surface area contributed by atoms with Crippen LogP contribution < -0.4 is 10.2 Å². The Bertz CT molecular complexity index is 782. The minimum atomic E-state index is -0.226. The quantitative estimate of drug-likeness (QED) is 0.646. The summed E-state index contributed by atoms with van der Waals surface area (Å²) in [6, 6.07) is 14.9. The molecule has 0 saturated carbocycles. The average molecular weight is 372 g/mol. The van der Waals surface area contributed by atoms with Crippen LogP contribution in [0.3, 0.4) is 0 Å². The maximum Gasteiger partial charge on any atom is 0.236 e. The molecular weight excluding hydrogens is 358 g/mol. The van der Waals surface area contributed by atoms with Gasteiger partial charge in [-0.2, -0.15) is 10.4 Å². The lowest BCUT2D eigenvalue weighted by Crippen LogP contribution is -2.12. The summed E-state index contributed by atoms with van der Waals surface area (Å²) in [5.41, 5.74) is 4.59. The van der Waals surface area contributed by atoms with Crippen molar-refractivity contribution in [3.63, 3.8) is 0 Å². The third-order valence-corrected chi connectivity index (χ3v) is 3.53. The Morgan fingerprint density at radius 2 is 2.17 bits per heavy atom. The molecule has 2 aromatic rings. The molecule has 0 heterocycles. The fraction of sp³-hybridized carbons (Fsp3) is 0.118. The monoisotopic (exact) mass is 371 g/mol. The number of benzene rings is 2. The maximum absolute atomic E-state index is 10.8. The van der Waals surface area contributed by atoms with E-state index in [1.54, 1.807) is 18.3 Å². The molecule has 0 atom stereocenters. The first-order valence-corrected chi connectivity index (χ1v) is 7.59. The molecule has 0 saturated heterocycles. The van der Waals surface area contributed by atoms with Crippen molar-refractivity contribution in [1.82, 2.24) is 5.43 Å². The van der Waals surface area contributed by atoms with Gasteiger partial charge in [0.1, 0.15) is 12.4 Å². The predicted molar refractivity (Wildman–Crippen MR) is 91.0 cm³/mol. The molecule has 1 N–H and O–H groups in total. The van der Waals surface area contributed by atoms with Crippen molar-refractivity contribution < 1.29 is 9.53 Å². The number of nitriles is 1. The van der Waals surface area contributed by atoms with Gasteiger partial charge in [0.25, 0.3) is 0 Å². The van der Waals surface area contributed by atoms with Crippen molar-refractivity contribution >= 4 is 28.1 Å². The second-order valence-electron chi connectivity index (χ2n) is 4.67. The molecule has 0 unspecified atom stereocenters. The minimum absolute atomic E-state index is 0.226. The highest BCUT2D eigenvalue weighted by Gasteiger charge is 2.05. The molecule has 0 bridgehead atoms. The van der Waals surface area contributed by atoms with E-state index in [0.717, 1.165) is 15.6 Å². The lowest BCUT2D eigenvalue weighted by Gasteiger charge is -2.09. The van der Waals surface area contributed by atoms with Crippen LogP contribution in [0.2, 0.25) is 0 Å². The Morgan fingerprint density at radius 3 is 2.87 bits per heavy atom. The molecular formula is C17H14BrN3O2. The summed E-state index contributed by atoms with van der Waals surface area (Å²) in [6.07, 6.45) is 1.54. The number of hydrogen-bond acceptors (Lipinski definition) is 4. The molecule has 1 amide bonds. The first-order valence-electron chi connectivity index (χ1n) is 6.80. The van der Waals surface area contributed by atoms with Crippen molar-refractivity contribution in [3.8, 4) is 11.8 Å². The van der Waals surface area contributed by atoms with E-state index in [0.29, 0.717) is 17.9 Å². The van der Waals surface area contributed by atoms with Gasteiger partial charge in [-0.05, 0) is 45.8 Å². The summed E-state index contributed by atoms with van der Waals surface area (Å²) in [6.45, 7) is 1.70. The van der Waals surface area contributed by atoms with Gasteiger partial charge in [0.05, 0.1) is 22.3 Å². The maximum atomic E-state index is 10.8.